The van der Waals surface area contributed by atoms with Gasteiger partial charge in [-0.2, -0.15) is 0 Å². The van der Waals surface area contributed by atoms with Crippen LogP contribution < -0.4 is 16.0 Å². The Morgan fingerprint density at radius 2 is 1.83 bits per heavy atom. The molecule has 0 saturated heterocycles. The summed E-state index contributed by atoms with van der Waals surface area (Å²) in [6, 6.07) is 14.1. The minimum absolute atomic E-state index is 0.335. The quantitative estimate of drug-likeness (QED) is 0.473. The number of para-hydroxylation sites is 1. The van der Waals surface area contributed by atoms with Crippen LogP contribution in [0.2, 0.25) is 0 Å². The first kappa shape index (κ1) is 18.6. The Labute approximate surface area is 172 Å². The van der Waals surface area contributed by atoms with Gasteiger partial charge in [-0.1, -0.05) is 32.0 Å². The van der Waals surface area contributed by atoms with E-state index in [0.29, 0.717) is 52.6 Å². The summed E-state index contributed by atoms with van der Waals surface area (Å²) in [5.74, 6) is 1.18. The van der Waals surface area contributed by atoms with E-state index in [1.54, 1.807) is 12.1 Å². The summed E-state index contributed by atoms with van der Waals surface area (Å²) < 4.78 is 17.0. The van der Waals surface area contributed by atoms with E-state index in [1.165, 1.54) is 6.07 Å². The summed E-state index contributed by atoms with van der Waals surface area (Å²) in [5.41, 5.74) is 1.62. The molecule has 0 atom stereocenters. The van der Waals surface area contributed by atoms with Gasteiger partial charge in [0.2, 0.25) is 0 Å². The first-order chi connectivity index (χ1) is 14.5. The van der Waals surface area contributed by atoms with Crippen LogP contribution in [0.3, 0.4) is 0 Å². The maximum Gasteiger partial charge on any atom is 0.344 e. The number of benzene rings is 2. The number of hydrogen-bond acceptors (Lipinski definition) is 6. The monoisotopic (exact) mass is 403 g/mol. The lowest BCUT2D eigenvalue weighted by Gasteiger charge is -2.30. The molecule has 0 unspecified atom stereocenters. The van der Waals surface area contributed by atoms with Gasteiger partial charge in [0.1, 0.15) is 23.6 Å². The van der Waals surface area contributed by atoms with E-state index >= 15 is 0 Å². The highest BCUT2D eigenvalue weighted by molar-refractivity contribution is 5.97. The molecule has 152 valence electrons. The van der Waals surface area contributed by atoms with Gasteiger partial charge >= 0.3 is 11.3 Å². The first-order valence-corrected chi connectivity index (χ1v) is 9.98. The Kier molecular flexibility index (Phi) is 4.44. The Balaban J connectivity index is 1.73. The lowest BCUT2D eigenvalue weighted by Crippen LogP contribution is -2.34. The number of nitrogens with zero attached hydrogens (tertiary/aromatic N) is 1. The zero-order chi connectivity index (χ0) is 20.8. The second-order valence-corrected chi connectivity index (χ2v) is 8.06. The number of fused-ring (bicyclic) bond motifs is 4. The second-order valence-electron chi connectivity index (χ2n) is 8.06. The van der Waals surface area contributed by atoms with Crippen LogP contribution >= 0.6 is 0 Å². The van der Waals surface area contributed by atoms with Crippen molar-refractivity contribution in [2.24, 2.45) is 5.92 Å². The molecular weight excluding hydrogens is 382 g/mol. The summed E-state index contributed by atoms with van der Waals surface area (Å²) in [4.78, 5) is 27.3. The van der Waals surface area contributed by atoms with E-state index in [4.69, 9.17) is 13.6 Å². The highest BCUT2D eigenvalue weighted by atomic mass is 16.5. The van der Waals surface area contributed by atoms with E-state index in [2.05, 4.69) is 18.7 Å². The van der Waals surface area contributed by atoms with Crippen LogP contribution in [0.5, 0.6) is 5.75 Å². The lowest BCUT2D eigenvalue weighted by molar-refractivity contribution is 0.0848. The van der Waals surface area contributed by atoms with Crippen molar-refractivity contribution in [3.63, 3.8) is 0 Å². The lowest BCUT2D eigenvalue weighted by atomic mass is 9.99. The molecule has 6 nitrogen and oxygen atoms in total. The van der Waals surface area contributed by atoms with Gasteiger partial charge in [0, 0.05) is 35.5 Å². The van der Waals surface area contributed by atoms with Gasteiger partial charge in [0.15, 0.2) is 0 Å². The molecule has 0 saturated carbocycles. The van der Waals surface area contributed by atoms with E-state index in [1.807, 2.05) is 30.3 Å². The van der Waals surface area contributed by atoms with Crippen molar-refractivity contribution < 1.29 is 13.6 Å². The first-order valence-electron chi connectivity index (χ1n) is 9.98. The SMILES string of the molecule is CC(C)CN1COc2ccc3c(-c4cc5ccccc5oc4=O)cc(=O)oc3c2C1. The fraction of sp³-hybridized carbons (Fsp3) is 0.250. The summed E-state index contributed by atoms with van der Waals surface area (Å²) in [6.07, 6.45) is 0. The third-order valence-corrected chi connectivity index (χ3v) is 5.31. The largest absolute Gasteiger partial charge is 0.478 e. The average molecular weight is 403 g/mol. The van der Waals surface area contributed by atoms with E-state index < -0.39 is 11.3 Å². The number of ether oxygens (including phenoxy) is 1. The molecular formula is C24H21NO5. The molecule has 4 aromatic rings. The average Bonchev–Trinajstić information content (AvgIpc) is 2.72. The molecule has 0 N–H and O–H groups in total. The van der Waals surface area contributed by atoms with Gasteiger partial charge in [-0.3, -0.25) is 4.90 Å². The number of rotatable bonds is 3. The van der Waals surface area contributed by atoms with Crippen molar-refractivity contribution in [3.05, 3.63) is 74.9 Å². The zero-order valence-corrected chi connectivity index (χ0v) is 16.8. The highest BCUT2D eigenvalue weighted by Gasteiger charge is 2.24. The van der Waals surface area contributed by atoms with Crippen LogP contribution in [0.1, 0.15) is 19.4 Å². The minimum atomic E-state index is -0.514. The van der Waals surface area contributed by atoms with Crippen LogP contribution in [0, 0.1) is 5.92 Å². The smallest absolute Gasteiger partial charge is 0.344 e. The third kappa shape index (κ3) is 3.19. The molecule has 0 fully saturated rings. The third-order valence-electron chi connectivity index (χ3n) is 5.31. The number of hydrogen-bond donors (Lipinski definition) is 0. The molecule has 2 aromatic carbocycles. The maximum absolute atomic E-state index is 12.7. The van der Waals surface area contributed by atoms with Gasteiger partial charge in [0.05, 0.1) is 11.1 Å². The predicted octanol–water partition coefficient (Wildman–Crippen LogP) is 4.37. The second kappa shape index (κ2) is 7.15. The fourth-order valence-corrected chi connectivity index (χ4v) is 4.09. The van der Waals surface area contributed by atoms with Crippen molar-refractivity contribution >= 4 is 21.9 Å². The Morgan fingerprint density at radius 3 is 2.67 bits per heavy atom. The molecule has 2 aromatic heterocycles. The zero-order valence-electron chi connectivity index (χ0n) is 16.8. The molecule has 0 aliphatic carbocycles. The molecule has 1 aliphatic rings. The molecule has 30 heavy (non-hydrogen) atoms. The Morgan fingerprint density at radius 1 is 1.00 bits per heavy atom. The normalized spacial score (nSPS) is 14.2. The molecule has 6 heteroatoms. The van der Waals surface area contributed by atoms with Crippen molar-refractivity contribution in [3.8, 4) is 16.9 Å². The van der Waals surface area contributed by atoms with Crippen molar-refractivity contribution in [1.82, 2.24) is 4.90 Å². The molecule has 1 aliphatic heterocycles. The van der Waals surface area contributed by atoms with Gasteiger partial charge in [-0.05, 0) is 30.2 Å². The molecule has 0 bridgehead atoms. The van der Waals surface area contributed by atoms with E-state index in [0.717, 1.165) is 17.5 Å². The topological polar surface area (TPSA) is 72.9 Å². The summed E-state index contributed by atoms with van der Waals surface area (Å²) in [7, 11) is 0. The van der Waals surface area contributed by atoms with E-state index in [9.17, 15) is 9.59 Å². The summed E-state index contributed by atoms with van der Waals surface area (Å²) >= 11 is 0. The highest BCUT2D eigenvalue weighted by Crippen LogP contribution is 2.36. The van der Waals surface area contributed by atoms with Crippen LogP contribution in [0.25, 0.3) is 33.1 Å². The van der Waals surface area contributed by atoms with Crippen molar-refractivity contribution in [1.29, 1.82) is 0 Å². The molecule has 0 radical (unpaired) electrons. The van der Waals surface area contributed by atoms with Gasteiger partial charge in [0.25, 0.3) is 0 Å². The van der Waals surface area contributed by atoms with Gasteiger partial charge in [-0.25, -0.2) is 9.59 Å². The Bertz CT molecular complexity index is 1380. The molecule has 3 heterocycles. The van der Waals surface area contributed by atoms with Crippen LogP contribution in [0.15, 0.2) is 67.0 Å². The van der Waals surface area contributed by atoms with E-state index in [-0.39, 0.29) is 0 Å². The minimum Gasteiger partial charge on any atom is -0.478 e. The fourth-order valence-electron chi connectivity index (χ4n) is 4.09. The molecule has 0 amide bonds. The van der Waals surface area contributed by atoms with Gasteiger partial charge < -0.3 is 13.6 Å². The maximum atomic E-state index is 12.7. The van der Waals surface area contributed by atoms with Crippen molar-refractivity contribution in [2.75, 3.05) is 13.3 Å². The molecule has 5 rings (SSSR count). The summed E-state index contributed by atoms with van der Waals surface area (Å²) in [5, 5.41) is 1.48. The van der Waals surface area contributed by atoms with Gasteiger partial charge in [-0.15, -0.1) is 0 Å². The Hall–Kier alpha value is -3.38. The van der Waals surface area contributed by atoms with Crippen LogP contribution in [0.4, 0.5) is 0 Å². The predicted molar refractivity (Wildman–Crippen MR) is 115 cm³/mol. The van der Waals surface area contributed by atoms with Crippen LogP contribution in [-0.4, -0.2) is 18.2 Å². The van der Waals surface area contributed by atoms with Crippen LogP contribution in [-0.2, 0) is 6.54 Å². The van der Waals surface area contributed by atoms with Crippen molar-refractivity contribution in [2.45, 2.75) is 20.4 Å². The summed E-state index contributed by atoms with van der Waals surface area (Å²) in [6.45, 7) is 6.28. The molecule has 0 spiro atoms. The standard InChI is InChI=1S/C24H21NO5/c1-14(2)11-25-12-19-21(28-13-25)8-7-16-17(10-22(26)30-23(16)19)18-9-15-5-3-4-6-20(15)29-24(18)27/h3-10,14H,11-13H2,1-2H3.